The van der Waals surface area contributed by atoms with Crippen LogP contribution in [0.2, 0.25) is 15.1 Å². The smallest absolute Gasteiger partial charge is 0.378 e. The van der Waals surface area contributed by atoms with Gasteiger partial charge in [0.1, 0.15) is 15.8 Å². The largest absolute Gasteiger partial charge is 0.506 e. The van der Waals surface area contributed by atoms with Crippen molar-refractivity contribution >= 4 is 87.1 Å². The topological polar surface area (TPSA) is 74.6 Å². The molecule has 0 aliphatic carbocycles. The van der Waals surface area contributed by atoms with E-state index in [0.29, 0.717) is 0 Å². The first-order valence-electron chi connectivity index (χ1n) is 5.14. The molecule has 0 saturated carbocycles. The number of allylic oxidation sites excluding steroid dienone is 2. The molecule has 22 heavy (non-hydrogen) atoms. The van der Waals surface area contributed by atoms with Crippen LogP contribution in [-0.2, 0) is 9.59 Å². The molecule has 0 aliphatic rings. The van der Waals surface area contributed by atoms with E-state index < -0.39 is 32.6 Å². The Kier molecular flexibility index (Phi) is 6.86. The highest BCUT2D eigenvalue weighted by atomic mass is 35.5. The van der Waals surface area contributed by atoms with Gasteiger partial charge in [-0.25, -0.2) is 4.79 Å². The minimum atomic E-state index is -1.83. The SMILES string of the molecule is O=C(O)C(=O)/C(Cl)=C(Cl)/C(Cl)=C(\O)c1cc(Cl)c(Cl)cc1Cl. The van der Waals surface area contributed by atoms with E-state index in [1.165, 1.54) is 12.1 Å². The number of hydrogen-bond donors (Lipinski definition) is 2. The lowest BCUT2D eigenvalue weighted by Crippen LogP contribution is -2.13. The number of carboxylic acids is 1. The second-order valence-electron chi connectivity index (χ2n) is 3.67. The molecule has 0 spiro atoms. The van der Waals surface area contributed by atoms with Gasteiger partial charge < -0.3 is 10.2 Å². The maximum Gasteiger partial charge on any atom is 0.378 e. The molecule has 118 valence electrons. The molecule has 10 heteroatoms. The van der Waals surface area contributed by atoms with Crippen molar-refractivity contribution in [1.29, 1.82) is 0 Å². The Bertz CT molecular complexity index is 723. The zero-order chi connectivity index (χ0) is 17.2. The molecular weight excluding hydrogens is 421 g/mol. The number of carbonyl (C=O) groups is 2. The fraction of sp³-hybridized carbons (Fsp3) is 0. The summed E-state index contributed by atoms with van der Waals surface area (Å²) >= 11 is 34.4. The van der Waals surface area contributed by atoms with Crippen molar-refractivity contribution in [2.45, 2.75) is 0 Å². The Morgan fingerprint density at radius 2 is 1.27 bits per heavy atom. The van der Waals surface area contributed by atoms with E-state index in [1.807, 2.05) is 0 Å². The maximum atomic E-state index is 11.2. The third-order valence-electron chi connectivity index (χ3n) is 2.25. The lowest BCUT2D eigenvalue weighted by Gasteiger charge is -2.08. The summed E-state index contributed by atoms with van der Waals surface area (Å²) < 4.78 is 0. The summed E-state index contributed by atoms with van der Waals surface area (Å²) in [6.45, 7) is 0. The van der Waals surface area contributed by atoms with Crippen molar-refractivity contribution in [3.05, 3.63) is 47.9 Å². The number of aliphatic hydroxyl groups is 1. The van der Waals surface area contributed by atoms with Crippen LogP contribution in [0.3, 0.4) is 0 Å². The number of halogens is 6. The van der Waals surface area contributed by atoms with Crippen LogP contribution in [0.4, 0.5) is 0 Å². The number of ketones is 1. The molecule has 0 radical (unpaired) electrons. The van der Waals surface area contributed by atoms with Crippen molar-refractivity contribution in [3.8, 4) is 0 Å². The highest BCUT2D eigenvalue weighted by Crippen LogP contribution is 2.37. The van der Waals surface area contributed by atoms with Gasteiger partial charge in [0.25, 0.3) is 5.78 Å². The summed E-state index contributed by atoms with van der Waals surface area (Å²) in [6.07, 6.45) is 0. The number of aliphatic carboxylic acids is 1. The van der Waals surface area contributed by atoms with Crippen molar-refractivity contribution < 1.29 is 19.8 Å². The summed E-state index contributed by atoms with van der Waals surface area (Å²) in [6, 6.07) is 2.46. The molecule has 0 fully saturated rings. The molecule has 0 atom stereocenters. The molecule has 0 unspecified atom stereocenters. The number of aliphatic hydroxyl groups excluding tert-OH is 1. The van der Waals surface area contributed by atoms with Crippen LogP contribution in [-0.4, -0.2) is 22.0 Å². The first-order valence-corrected chi connectivity index (χ1v) is 7.41. The van der Waals surface area contributed by atoms with E-state index in [-0.39, 0.29) is 20.6 Å². The second kappa shape index (κ2) is 7.77. The molecule has 0 aliphatic heterocycles. The summed E-state index contributed by atoms with van der Waals surface area (Å²) in [5, 5.41) is 16.7. The second-order valence-corrected chi connectivity index (χ2v) is 6.03. The van der Waals surface area contributed by atoms with Gasteiger partial charge >= 0.3 is 5.97 Å². The van der Waals surface area contributed by atoms with Crippen LogP contribution in [0.1, 0.15) is 5.56 Å². The molecule has 1 rings (SSSR count). The molecule has 0 aromatic heterocycles. The average molecular weight is 425 g/mol. The average Bonchev–Trinajstić information content (AvgIpc) is 2.46. The summed E-state index contributed by atoms with van der Waals surface area (Å²) in [4.78, 5) is 21.8. The van der Waals surface area contributed by atoms with Gasteiger partial charge in [0.05, 0.1) is 20.1 Å². The van der Waals surface area contributed by atoms with E-state index in [4.69, 9.17) is 74.7 Å². The number of hydrogen-bond acceptors (Lipinski definition) is 3. The third kappa shape index (κ3) is 4.22. The number of rotatable bonds is 4. The molecule has 4 nitrogen and oxygen atoms in total. The van der Waals surface area contributed by atoms with Crippen LogP contribution >= 0.6 is 69.6 Å². The van der Waals surface area contributed by atoms with Gasteiger partial charge in [-0.1, -0.05) is 69.6 Å². The predicted octanol–water partition coefficient (Wildman–Crippen LogP) is 5.46. The fourth-order valence-corrected chi connectivity index (χ4v) is 2.45. The first-order chi connectivity index (χ1) is 10.1. The van der Waals surface area contributed by atoms with E-state index in [9.17, 15) is 14.7 Å². The first kappa shape index (κ1) is 19.4. The predicted molar refractivity (Wildman–Crippen MR) is 88.2 cm³/mol. The highest BCUT2D eigenvalue weighted by molar-refractivity contribution is 6.61. The Balaban J connectivity index is 3.46. The van der Waals surface area contributed by atoms with E-state index in [2.05, 4.69) is 0 Å². The summed E-state index contributed by atoms with van der Waals surface area (Å²) in [5.74, 6) is -3.98. The zero-order valence-corrected chi connectivity index (χ0v) is 14.7. The quantitative estimate of drug-likeness (QED) is 0.221. The molecule has 1 aromatic rings. The van der Waals surface area contributed by atoms with Crippen molar-refractivity contribution in [1.82, 2.24) is 0 Å². The van der Waals surface area contributed by atoms with E-state index in [1.54, 1.807) is 0 Å². The van der Waals surface area contributed by atoms with Gasteiger partial charge in [-0.05, 0) is 12.1 Å². The summed E-state index contributed by atoms with van der Waals surface area (Å²) in [5.41, 5.74) is -0.0357. The van der Waals surface area contributed by atoms with Gasteiger partial charge in [0.15, 0.2) is 0 Å². The third-order valence-corrected chi connectivity index (χ3v) is 4.59. The van der Waals surface area contributed by atoms with Crippen molar-refractivity contribution in [2.75, 3.05) is 0 Å². The zero-order valence-electron chi connectivity index (χ0n) is 10.1. The van der Waals surface area contributed by atoms with Crippen molar-refractivity contribution in [2.24, 2.45) is 0 Å². The maximum absolute atomic E-state index is 11.2. The van der Waals surface area contributed by atoms with Gasteiger partial charge in [0.2, 0.25) is 0 Å². The minimum absolute atomic E-state index is 0.00444. The Labute approximate surface area is 154 Å². The molecule has 2 N–H and O–H groups in total. The molecule has 1 aromatic carbocycles. The van der Waals surface area contributed by atoms with Crippen LogP contribution in [0.25, 0.3) is 5.76 Å². The lowest BCUT2D eigenvalue weighted by atomic mass is 10.1. The van der Waals surface area contributed by atoms with E-state index >= 15 is 0 Å². The summed E-state index contributed by atoms with van der Waals surface area (Å²) in [7, 11) is 0. The standard InChI is InChI=1S/C12H4Cl6O4/c13-4-2-6(15)5(14)1-3(4)10(19)8(17)7(16)9(18)11(20)12(21)22/h1-2,19H,(H,21,22)/b9-7+,10-8+. The molecule has 0 bridgehead atoms. The fourth-order valence-electron chi connectivity index (χ4n) is 1.22. The van der Waals surface area contributed by atoms with Crippen LogP contribution in [0.5, 0.6) is 0 Å². The molecular formula is C12H4Cl6O4. The van der Waals surface area contributed by atoms with Gasteiger partial charge in [-0.3, -0.25) is 4.79 Å². The molecule has 0 amide bonds. The van der Waals surface area contributed by atoms with Crippen LogP contribution < -0.4 is 0 Å². The normalized spacial score (nSPS) is 13.4. The van der Waals surface area contributed by atoms with Crippen molar-refractivity contribution in [3.63, 3.8) is 0 Å². The Morgan fingerprint density at radius 3 is 1.77 bits per heavy atom. The van der Waals surface area contributed by atoms with Crippen LogP contribution in [0, 0.1) is 0 Å². The minimum Gasteiger partial charge on any atom is -0.506 e. The van der Waals surface area contributed by atoms with Crippen LogP contribution in [0.15, 0.2) is 27.2 Å². The monoisotopic (exact) mass is 422 g/mol. The lowest BCUT2D eigenvalue weighted by molar-refractivity contribution is -0.146. The number of Topliss-reactive ketones (excluding diaryl/α,β-unsaturated/α-hetero) is 1. The van der Waals surface area contributed by atoms with Gasteiger partial charge in [-0.2, -0.15) is 0 Å². The Hall–Kier alpha value is -0.620. The number of carbonyl (C=O) groups excluding carboxylic acids is 1. The highest BCUT2D eigenvalue weighted by Gasteiger charge is 2.23. The number of carboxylic acid groups (broad SMARTS) is 1. The van der Waals surface area contributed by atoms with Gasteiger partial charge in [0, 0.05) is 5.56 Å². The van der Waals surface area contributed by atoms with Gasteiger partial charge in [-0.15, -0.1) is 0 Å². The number of benzene rings is 1. The molecule has 0 saturated heterocycles. The van der Waals surface area contributed by atoms with E-state index in [0.717, 1.165) is 0 Å². The molecule has 0 heterocycles. The Morgan fingerprint density at radius 1 is 0.773 bits per heavy atom.